The average Bonchev–Trinajstić information content (AvgIpc) is 2.66. The third-order valence-corrected chi connectivity index (χ3v) is 5.75. The molecule has 0 aromatic heterocycles. The molecule has 0 fully saturated rings. The van der Waals surface area contributed by atoms with Gasteiger partial charge < -0.3 is 0 Å². The first-order chi connectivity index (χ1) is 12.7. The third-order valence-electron chi connectivity index (χ3n) is 3.26. The van der Waals surface area contributed by atoms with E-state index in [1.807, 2.05) is 66.1 Å². The number of thioether (sulfide) groups is 2. The highest BCUT2D eigenvalue weighted by Crippen LogP contribution is 2.32. The minimum absolute atomic E-state index is 0.651. The summed E-state index contributed by atoms with van der Waals surface area (Å²) in [6.07, 6.45) is 1.99. The Morgan fingerprint density at radius 2 is 1.54 bits per heavy atom. The highest BCUT2D eigenvalue weighted by atomic mass is 35.5. The highest BCUT2D eigenvalue weighted by Gasteiger charge is 2.06. The normalized spacial score (nSPS) is 11.8. The van der Waals surface area contributed by atoms with Gasteiger partial charge >= 0.3 is 0 Å². The Hall–Kier alpha value is -1.65. The van der Waals surface area contributed by atoms with Gasteiger partial charge in [-0.25, -0.2) is 4.99 Å². The molecule has 0 atom stereocenters. The van der Waals surface area contributed by atoms with Gasteiger partial charge in [0.05, 0.1) is 10.7 Å². The Morgan fingerprint density at radius 1 is 0.846 bits per heavy atom. The van der Waals surface area contributed by atoms with Crippen LogP contribution < -0.4 is 0 Å². The fourth-order valence-electron chi connectivity index (χ4n) is 2.06. The second-order valence-corrected chi connectivity index (χ2v) is 8.08. The fourth-order valence-corrected chi connectivity index (χ4v) is 4.15. The number of para-hydroxylation sites is 1. The molecule has 0 aliphatic heterocycles. The van der Waals surface area contributed by atoms with Crippen LogP contribution in [-0.4, -0.2) is 5.04 Å². The van der Waals surface area contributed by atoms with Crippen molar-refractivity contribution in [1.82, 2.24) is 0 Å². The van der Waals surface area contributed by atoms with Crippen molar-refractivity contribution in [2.24, 2.45) is 4.99 Å². The van der Waals surface area contributed by atoms with Crippen molar-refractivity contribution in [2.45, 2.75) is 9.79 Å². The molecule has 5 heteroatoms. The molecule has 3 rings (SSSR count). The number of halogens is 2. The number of rotatable bonds is 5. The molecule has 0 bridgehead atoms. The van der Waals surface area contributed by atoms with Gasteiger partial charge in [0, 0.05) is 14.8 Å². The van der Waals surface area contributed by atoms with Crippen LogP contribution in [0.3, 0.4) is 0 Å². The summed E-state index contributed by atoms with van der Waals surface area (Å²) in [5, 5.41) is 4.18. The second-order valence-electron chi connectivity index (χ2n) is 5.20. The molecule has 1 nitrogen and oxygen atoms in total. The van der Waals surface area contributed by atoms with Gasteiger partial charge in [-0.2, -0.15) is 0 Å². The van der Waals surface area contributed by atoms with Crippen molar-refractivity contribution in [2.75, 3.05) is 0 Å². The number of hydrogen-bond donors (Lipinski definition) is 0. The van der Waals surface area contributed by atoms with Crippen LogP contribution in [0.4, 0.5) is 5.69 Å². The molecule has 0 radical (unpaired) electrons. The summed E-state index contributed by atoms with van der Waals surface area (Å²) >= 11 is 15.6. The van der Waals surface area contributed by atoms with Crippen LogP contribution in [0.25, 0.3) is 0 Å². The van der Waals surface area contributed by atoms with Gasteiger partial charge in [-0.3, -0.25) is 0 Å². The van der Waals surface area contributed by atoms with E-state index in [0.29, 0.717) is 10.0 Å². The number of hydrogen-bond acceptors (Lipinski definition) is 3. The summed E-state index contributed by atoms with van der Waals surface area (Å²) in [5.74, 6) is 0. The van der Waals surface area contributed by atoms with Crippen LogP contribution in [0.1, 0.15) is 0 Å². The molecule has 0 heterocycles. The minimum atomic E-state index is 0.651. The topological polar surface area (TPSA) is 12.4 Å². The lowest BCUT2D eigenvalue weighted by Crippen LogP contribution is -1.87. The van der Waals surface area contributed by atoms with Crippen LogP contribution >= 0.6 is 46.7 Å². The quantitative estimate of drug-likeness (QED) is 0.237. The molecule has 0 saturated heterocycles. The van der Waals surface area contributed by atoms with E-state index in [1.54, 1.807) is 23.9 Å². The number of benzene rings is 3. The van der Waals surface area contributed by atoms with Gasteiger partial charge in [-0.05, 0) is 53.9 Å². The van der Waals surface area contributed by atoms with Crippen molar-refractivity contribution in [3.8, 4) is 0 Å². The third kappa shape index (κ3) is 5.96. The van der Waals surface area contributed by atoms with Crippen molar-refractivity contribution >= 4 is 57.5 Å². The molecule has 130 valence electrons. The van der Waals surface area contributed by atoms with E-state index in [1.165, 1.54) is 16.7 Å². The SMILES string of the molecule is Clc1ccc(Cl)c(SC(C=CSc2ccccc2)=Nc2ccccc2)c1. The number of aliphatic imine (C=N–C) groups is 1. The summed E-state index contributed by atoms with van der Waals surface area (Å²) in [6, 6.07) is 25.5. The Balaban J connectivity index is 1.84. The van der Waals surface area contributed by atoms with Crippen LogP contribution in [0.5, 0.6) is 0 Å². The second kappa shape index (κ2) is 9.89. The lowest BCUT2D eigenvalue weighted by molar-refractivity contribution is 1.47. The Labute approximate surface area is 172 Å². The highest BCUT2D eigenvalue weighted by molar-refractivity contribution is 8.14. The zero-order chi connectivity index (χ0) is 18.2. The van der Waals surface area contributed by atoms with Crippen LogP contribution in [-0.2, 0) is 0 Å². The molecule has 0 spiro atoms. The standard InChI is InChI=1S/C21H15Cl2NS2/c22-16-11-12-19(23)20(15-16)26-21(24-17-7-3-1-4-8-17)13-14-25-18-9-5-2-6-10-18/h1-15H. The van der Waals surface area contributed by atoms with Crippen molar-refractivity contribution in [3.63, 3.8) is 0 Å². The van der Waals surface area contributed by atoms with E-state index in [0.717, 1.165) is 15.6 Å². The monoisotopic (exact) mass is 415 g/mol. The molecular weight excluding hydrogens is 401 g/mol. The predicted molar refractivity (Wildman–Crippen MR) is 117 cm³/mol. The Kier molecular flexibility index (Phi) is 7.27. The number of nitrogens with zero attached hydrogens (tertiary/aromatic N) is 1. The van der Waals surface area contributed by atoms with E-state index >= 15 is 0 Å². The Morgan fingerprint density at radius 3 is 2.27 bits per heavy atom. The first-order valence-electron chi connectivity index (χ1n) is 7.85. The lowest BCUT2D eigenvalue weighted by atomic mass is 10.3. The molecule has 26 heavy (non-hydrogen) atoms. The molecule has 0 amide bonds. The molecule has 3 aromatic rings. The lowest BCUT2D eigenvalue weighted by Gasteiger charge is -2.05. The molecule has 3 aromatic carbocycles. The van der Waals surface area contributed by atoms with Gasteiger partial charge in [0.1, 0.15) is 5.04 Å². The van der Waals surface area contributed by atoms with Crippen molar-refractivity contribution in [3.05, 3.63) is 100 Å². The first-order valence-corrected chi connectivity index (χ1v) is 10.3. The summed E-state index contributed by atoms with van der Waals surface area (Å²) < 4.78 is 0. The Bertz CT molecular complexity index is 910. The zero-order valence-corrected chi connectivity index (χ0v) is 16.8. The maximum Gasteiger partial charge on any atom is 0.102 e. The summed E-state index contributed by atoms with van der Waals surface area (Å²) in [7, 11) is 0. The van der Waals surface area contributed by atoms with E-state index in [4.69, 9.17) is 28.2 Å². The summed E-state index contributed by atoms with van der Waals surface area (Å²) in [6.45, 7) is 0. The van der Waals surface area contributed by atoms with Gasteiger partial charge in [-0.15, -0.1) is 0 Å². The molecule has 0 aliphatic rings. The maximum absolute atomic E-state index is 6.31. The molecule has 0 unspecified atom stereocenters. The van der Waals surface area contributed by atoms with Crippen molar-refractivity contribution < 1.29 is 0 Å². The largest absolute Gasteiger partial charge is 0.242 e. The van der Waals surface area contributed by atoms with Gasteiger partial charge in [0.25, 0.3) is 0 Å². The summed E-state index contributed by atoms with van der Waals surface area (Å²) in [4.78, 5) is 6.79. The van der Waals surface area contributed by atoms with Crippen LogP contribution in [0, 0.1) is 0 Å². The van der Waals surface area contributed by atoms with Crippen LogP contribution in [0.15, 0.2) is 105 Å². The smallest absolute Gasteiger partial charge is 0.102 e. The average molecular weight is 416 g/mol. The van der Waals surface area contributed by atoms with E-state index in [-0.39, 0.29) is 0 Å². The molecule has 0 N–H and O–H groups in total. The van der Waals surface area contributed by atoms with Crippen molar-refractivity contribution in [1.29, 1.82) is 0 Å². The van der Waals surface area contributed by atoms with E-state index < -0.39 is 0 Å². The van der Waals surface area contributed by atoms with Gasteiger partial charge in [0.15, 0.2) is 0 Å². The van der Waals surface area contributed by atoms with E-state index in [2.05, 4.69) is 12.1 Å². The minimum Gasteiger partial charge on any atom is -0.242 e. The zero-order valence-electron chi connectivity index (χ0n) is 13.7. The molecular formula is C21H15Cl2NS2. The molecule has 0 aliphatic carbocycles. The van der Waals surface area contributed by atoms with Crippen LogP contribution in [0.2, 0.25) is 10.0 Å². The van der Waals surface area contributed by atoms with Gasteiger partial charge in [0.2, 0.25) is 0 Å². The summed E-state index contributed by atoms with van der Waals surface area (Å²) in [5.41, 5.74) is 0.891. The molecule has 0 saturated carbocycles. The van der Waals surface area contributed by atoms with E-state index in [9.17, 15) is 0 Å². The van der Waals surface area contributed by atoms with Gasteiger partial charge in [-0.1, -0.05) is 83.1 Å². The predicted octanol–water partition coefficient (Wildman–Crippen LogP) is 8.12. The first kappa shape index (κ1) is 19.1. The maximum atomic E-state index is 6.31. The fraction of sp³-hybridized carbons (Fsp3) is 0.